The lowest BCUT2D eigenvalue weighted by atomic mass is 10.2. The normalized spacial score (nSPS) is 11.4. The van der Waals surface area contributed by atoms with Crippen molar-refractivity contribution in [1.82, 2.24) is 9.78 Å². The van der Waals surface area contributed by atoms with E-state index in [1.807, 2.05) is 0 Å². The van der Waals surface area contributed by atoms with Crippen molar-refractivity contribution in [1.29, 1.82) is 0 Å². The molecule has 0 saturated carbocycles. The zero-order chi connectivity index (χ0) is 15.6. The van der Waals surface area contributed by atoms with Gasteiger partial charge in [-0.1, -0.05) is 0 Å². The molecule has 0 bridgehead atoms. The highest BCUT2D eigenvalue weighted by Gasteiger charge is 2.18. The Hall–Kier alpha value is -2.06. The molecule has 0 aliphatic heterocycles. The van der Waals surface area contributed by atoms with Crippen molar-refractivity contribution < 1.29 is 18.3 Å². The average molecular weight is 311 g/mol. The number of aryl methyl sites for hydroxylation is 2. The van der Waals surface area contributed by atoms with Crippen LogP contribution in [0, 0.1) is 6.92 Å². The fourth-order valence-electron chi connectivity index (χ4n) is 1.95. The van der Waals surface area contributed by atoms with Gasteiger partial charge in [0.15, 0.2) is 0 Å². The van der Waals surface area contributed by atoms with Crippen LogP contribution in [0.5, 0.6) is 5.75 Å². The zero-order valence-electron chi connectivity index (χ0n) is 12.0. The molecule has 0 unspecified atom stereocenters. The monoisotopic (exact) mass is 311 g/mol. The van der Waals surface area contributed by atoms with Crippen molar-refractivity contribution in [3.05, 3.63) is 35.7 Å². The molecule has 0 fully saturated rings. The highest BCUT2D eigenvalue weighted by Crippen LogP contribution is 2.24. The molecule has 8 heteroatoms. The summed E-state index contributed by atoms with van der Waals surface area (Å²) in [6.07, 6.45) is 1.59. The number of nitrogens with one attached hydrogen (secondary N) is 1. The second-order valence-electron chi connectivity index (χ2n) is 4.54. The summed E-state index contributed by atoms with van der Waals surface area (Å²) in [5.41, 5.74) is 1.40. The minimum absolute atomic E-state index is 0.0515. The number of anilines is 1. The van der Waals surface area contributed by atoms with Crippen LogP contribution < -0.4 is 9.46 Å². The molecular weight excluding hydrogens is 294 g/mol. The fourth-order valence-corrected chi connectivity index (χ4v) is 3.10. The third-order valence-electron chi connectivity index (χ3n) is 2.99. The summed E-state index contributed by atoms with van der Waals surface area (Å²) in [5.74, 6) is 0.439. The number of methoxy groups -OCH3 is 1. The van der Waals surface area contributed by atoms with E-state index in [-0.39, 0.29) is 11.5 Å². The Morgan fingerprint density at radius 1 is 1.43 bits per heavy atom. The van der Waals surface area contributed by atoms with Gasteiger partial charge in [-0.3, -0.25) is 9.40 Å². The molecular formula is C13H17N3O4S. The molecule has 0 atom stereocenters. The third-order valence-corrected chi connectivity index (χ3v) is 4.35. The first-order chi connectivity index (χ1) is 9.87. The van der Waals surface area contributed by atoms with Crippen molar-refractivity contribution in [2.24, 2.45) is 7.05 Å². The Morgan fingerprint density at radius 3 is 2.67 bits per heavy atom. The molecule has 2 rings (SSSR count). The maximum atomic E-state index is 12.4. The largest absolute Gasteiger partial charge is 0.496 e. The number of aliphatic hydroxyl groups excluding tert-OH is 1. The highest BCUT2D eigenvalue weighted by molar-refractivity contribution is 7.92. The Bertz CT molecular complexity index is 753. The summed E-state index contributed by atoms with van der Waals surface area (Å²) < 4.78 is 33.8. The van der Waals surface area contributed by atoms with Crippen LogP contribution in [-0.4, -0.2) is 30.4 Å². The van der Waals surface area contributed by atoms with E-state index in [9.17, 15) is 13.5 Å². The van der Waals surface area contributed by atoms with E-state index >= 15 is 0 Å². The van der Waals surface area contributed by atoms with Gasteiger partial charge in [0.25, 0.3) is 10.0 Å². The Labute approximate surface area is 123 Å². The molecule has 21 heavy (non-hydrogen) atoms. The van der Waals surface area contributed by atoms with Crippen LogP contribution in [0.2, 0.25) is 0 Å². The van der Waals surface area contributed by atoms with E-state index in [1.54, 1.807) is 20.2 Å². The van der Waals surface area contributed by atoms with Crippen molar-refractivity contribution in [3.63, 3.8) is 0 Å². The van der Waals surface area contributed by atoms with Crippen LogP contribution in [0.4, 0.5) is 5.69 Å². The number of aromatic nitrogens is 2. The molecule has 7 nitrogen and oxygen atoms in total. The summed E-state index contributed by atoms with van der Waals surface area (Å²) in [6.45, 7) is 1.41. The quantitative estimate of drug-likeness (QED) is 0.860. The lowest BCUT2D eigenvalue weighted by Gasteiger charge is -2.10. The van der Waals surface area contributed by atoms with Gasteiger partial charge in [0.05, 0.1) is 30.0 Å². The summed E-state index contributed by atoms with van der Waals surface area (Å²) >= 11 is 0. The van der Waals surface area contributed by atoms with Crippen LogP contribution in [0.1, 0.15) is 11.3 Å². The number of nitrogens with zero attached hydrogens (tertiary/aromatic N) is 2. The molecule has 2 N–H and O–H groups in total. The van der Waals surface area contributed by atoms with E-state index in [0.29, 0.717) is 22.7 Å². The van der Waals surface area contributed by atoms with Crippen LogP contribution >= 0.6 is 0 Å². The van der Waals surface area contributed by atoms with E-state index in [0.717, 1.165) is 0 Å². The van der Waals surface area contributed by atoms with Crippen molar-refractivity contribution in [2.75, 3.05) is 11.8 Å². The van der Waals surface area contributed by atoms with Gasteiger partial charge in [-0.05, 0) is 25.1 Å². The van der Waals surface area contributed by atoms with Gasteiger partial charge >= 0.3 is 0 Å². The number of aliphatic hydroxyl groups is 1. The van der Waals surface area contributed by atoms with E-state index in [2.05, 4.69) is 9.82 Å². The van der Waals surface area contributed by atoms with Gasteiger partial charge in [-0.15, -0.1) is 0 Å². The Kier molecular flexibility index (Phi) is 4.19. The number of rotatable bonds is 5. The van der Waals surface area contributed by atoms with Gasteiger partial charge in [0.2, 0.25) is 0 Å². The first-order valence-corrected chi connectivity index (χ1v) is 7.66. The highest BCUT2D eigenvalue weighted by atomic mass is 32.2. The molecule has 0 spiro atoms. The smallest absolute Gasteiger partial charge is 0.262 e. The van der Waals surface area contributed by atoms with E-state index in [1.165, 1.54) is 30.0 Å². The molecule has 0 saturated heterocycles. The second kappa shape index (κ2) is 5.74. The van der Waals surface area contributed by atoms with Crippen molar-refractivity contribution >= 4 is 15.7 Å². The molecule has 0 aliphatic carbocycles. The van der Waals surface area contributed by atoms with Gasteiger partial charge in [0, 0.05) is 18.8 Å². The SMILES string of the molecule is COc1ccc(S(=O)(=O)Nc2cn(C)nc2C)cc1CO. The summed E-state index contributed by atoms with van der Waals surface area (Å²) in [6, 6.07) is 4.31. The van der Waals surface area contributed by atoms with Gasteiger partial charge < -0.3 is 9.84 Å². The Balaban J connectivity index is 2.38. The summed E-state index contributed by atoms with van der Waals surface area (Å²) in [4.78, 5) is 0.0515. The topological polar surface area (TPSA) is 93.5 Å². The fraction of sp³-hybridized carbons (Fsp3) is 0.308. The maximum Gasteiger partial charge on any atom is 0.262 e. The molecule has 1 aromatic heterocycles. The van der Waals surface area contributed by atoms with E-state index in [4.69, 9.17) is 4.74 Å². The number of sulfonamides is 1. The predicted molar refractivity (Wildman–Crippen MR) is 77.7 cm³/mol. The molecule has 1 aromatic carbocycles. The summed E-state index contributed by atoms with van der Waals surface area (Å²) in [5, 5.41) is 13.3. The van der Waals surface area contributed by atoms with Crippen LogP contribution in [-0.2, 0) is 23.7 Å². The zero-order valence-corrected chi connectivity index (χ0v) is 12.8. The van der Waals surface area contributed by atoms with Crippen molar-refractivity contribution in [2.45, 2.75) is 18.4 Å². The number of hydrogen-bond acceptors (Lipinski definition) is 5. The van der Waals surface area contributed by atoms with Crippen molar-refractivity contribution in [3.8, 4) is 5.75 Å². The van der Waals surface area contributed by atoms with Crippen LogP contribution in [0.25, 0.3) is 0 Å². The lowest BCUT2D eigenvalue weighted by Crippen LogP contribution is -2.13. The third kappa shape index (κ3) is 3.17. The molecule has 1 heterocycles. The number of benzene rings is 1. The molecule has 0 radical (unpaired) electrons. The first kappa shape index (κ1) is 15.3. The van der Waals surface area contributed by atoms with Gasteiger partial charge in [0.1, 0.15) is 5.75 Å². The van der Waals surface area contributed by atoms with Crippen LogP contribution in [0.3, 0.4) is 0 Å². The molecule has 0 aliphatic rings. The Morgan fingerprint density at radius 2 is 2.14 bits per heavy atom. The minimum atomic E-state index is -3.75. The standard InChI is InChI=1S/C13H17N3O4S/c1-9-12(7-16(2)14-9)15-21(18,19)11-4-5-13(20-3)10(6-11)8-17/h4-7,15,17H,8H2,1-3H3. The average Bonchev–Trinajstić information content (AvgIpc) is 2.75. The number of hydrogen-bond donors (Lipinski definition) is 2. The maximum absolute atomic E-state index is 12.4. The second-order valence-corrected chi connectivity index (χ2v) is 6.22. The summed E-state index contributed by atoms with van der Waals surface area (Å²) in [7, 11) is -0.581. The number of ether oxygens (including phenoxy) is 1. The van der Waals surface area contributed by atoms with Gasteiger partial charge in [-0.25, -0.2) is 8.42 Å². The molecule has 114 valence electrons. The van der Waals surface area contributed by atoms with Gasteiger partial charge in [-0.2, -0.15) is 5.10 Å². The predicted octanol–water partition coefficient (Wildman–Crippen LogP) is 1.03. The first-order valence-electron chi connectivity index (χ1n) is 6.18. The van der Waals surface area contributed by atoms with Crippen LogP contribution in [0.15, 0.2) is 29.3 Å². The molecule has 0 amide bonds. The van der Waals surface area contributed by atoms with E-state index < -0.39 is 10.0 Å². The minimum Gasteiger partial charge on any atom is -0.496 e. The lowest BCUT2D eigenvalue weighted by molar-refractivity contribution is 0.273. The molecule has 2 aromatic rings.